The SMILES string of the molecule is CCN1C(=O)CN(CCCCC(=O)N(c2ccc(C#N)c(C(F)(F)F)c2)C(CO)CO)c2ncc(-c3ccc(-c4ncn[nH]4)nc3C)nc21. The standard InChI is InChI=1S/C32H33F3N10O4/c1-3-44-28(49)15-43(30-31(44)41-26(14-37-30)23-9-10-25(40-19(23)2)29-38-18-39-42-29)11-5-4-6-27(48)45(22(16-46)17-47)21-8-7-20(13-36)24(12-21)32(33,34)35/h7-10,12,14,18,22,46-47H,3-6,11,15-17H2,1-2H3,(H,38,39,42). The summed E-state index contributed by atoms with van der Waals surface area (Å²) in [6, 6.07) is 6.71. The number of aromatic nitrogens is 6. The molecule has 14 nitrogen and oxygen atoms in total. The molecule has 0 saturated carbocycles. The fourth-order valence-electron chi connectivity index (χ4n) is 5.65. The molecule has 4 aromatic rings. The third-order valence-corrected chi connectivity index (χ3v) is 8.08. The zero-order chi connectivity index (χ0) is 35.3. The molecule has 5 rings (SSSR count). The number of likely N-dealkylation sites (N-methyl/N-ethyl adjacent to an activating group) is 1. The molecule has 3 aromatic heterocycles. The van der Waals surface area contributed by atoms with E-state index in [0.717, 1.165) is 16.5 Å². The van der Waals surface area contributed by atoms with Crippen LogP contribution in [0.15, 0.2) is 42.9 Å². The molecule has 0 spiro atoms. The Morgan fingerprint density at radius 2 is 1.88 bits per heavy atom. The van der Waals surface area contributed by atoms with E-state index in [1.165, 1.54) is 18.5 Å². The van der Waals surface area contributed by atoms with Crippen molar-refractivity contribution in [3.05, 3.63) is 59.7 Å². The number of nitrogens with one attached hydrogen (secondary N) is 1. The van der Waals surface area contributed by atoms with Gasteiger partial charge in [-0.2, -0.15) is 23.5 Å². The summed E-state index contributed by atoms with van der Waals surface area (Å²) in [4.78, 5) is 48.9. The number of unbranched alkanes of at least 4 members (excludes halogenated alkanes) is 1. The van der Waals surface area contributed by atoms with E-state index in [2.05, 4.69) is 25.1 Å². The Morgan fingerprint density at radius 3 is 2.51 bits per heavy atom. The maximum absolute atomic E-state index is 13.6. The predicted molar refractivity (Wildman–Crippen MR) is 171 cm³/mol. The summed E-state index contributed by atoms with van der Waals surface area (Å²) in [5.41, 5.74) is 0.464. The summed E-state index contributed by atoms with van der Waals surface area (Å²) in [6.45, 7) is 2.98. The van der Waals surface area contributed by atoms with E-state index in [-0.39, 0.29) is 31.0 Å². The van der Waals surface area contributed by atoms with Gasteiger partial charge in [-0.1, -0.05) is 0 Å². The van der Waals surface area contributed by atoms with Crippen LogP contribution in [0.3, 0.4) is 0 Å². The number of hydrogen-bond donors (Lipinski definition) is 3. The van der Waals surface area contributed by atoms with Crippen molar-refractivity contribution >= 4 is 29.1 Å². The number of anilines is 3. The molecular formula is C32H33F3N10O4. The van der Waals surface area contributed by atoms with Crippen molar-refractivity contribution in [1.82, 2.24) is 30.1 Å². The number of fused-ring (bicyclic) bond motifs is 1. The topological polar surface area (TPSA) is 188 Å². The molecule has 0 atom stereocenters. The van der Waals surface area contributed by atoms with Crippen LogP contribution in [0.2, 0.25) is 0 Å². The molecule has 49 heavy (non-hydrogen) atoms. The number of nitrogens with zero attached hydrogens (tertiary/aromatic N) is 9. The van der Waals surface area contributed by atoms with Crippen LogP contribution >= 0.6 is 0 Å². The number of aliphatic hydroxyl groups is 2. The van der Waals surface area contributed by atoms with Gasteiger partial charge in [0.2, 0.25) is 11.8 Å². The van der Waals surface area contributed by atoms with Crippen LogP contribution in [0.4, 0.5) is 30.5 Å². The second-order valence-electron chi connectivity index (χ2n) is 11.2. The molecule has 0 saturated heterocycles. The van der Waals surface area contributed by atoms with Gasteiger partial charge in [-0.15, -0.1) is 0 Å². The number of halogens is 3. The van der Waals surface area contributed by atoms with Gasteiger partial charge in [0.1, 0.15) is 12.0 Å². The average molecular weight is 679 g/mol. The minimum atomic E-state index is -4.86. The Morgan fingerprint density at radius 1 is 1.10 bits per heavy atom. The summed E-state index contributed by atoms with van der Waals surface area (Å²) in [5.74, 6) is 0.577. The molecule has 1 aliphatic rings. The first kappa shape index (κ1) is 34.9. The van der Waals surface area contributed by atoms with Gasteiger partial charge >= 0.3 is 6.18 Å². The van der Waals surface area contributed by atoms with Crippen molar-refractivity contribution in [3.8, 4) is 28.8 Å². The van der Waals surface area contributed by atoms with Gasteiger partial charge in [-0.05, 0) is 57.0 Å². The number of carbonyl (C=O) groups excluding carboxylic acids is 2. The lowest BCUT2D eigenvalue weighted by Crippen LogP contribution is -2.47. The Labute approximate surface area is 278 Å². The largest absolute Gasteiger partial charge is 0.417 e. The maximum atomic E-state index is 13.6. The summed E-state index contributed by atoms with van der Waals surface area (Å²) in [6.07, 6.45) is -1.33. The fourth-order valence-corrected chi connectivity index (χ4v) is 5.65. The van der Waals surface area contributed by atoms with Crippen molar-refractivity contribution in [2.75, 3.05) is 47.5 Å². The number of nitriles is 1. The van der Waals surface area contributed by atoms with E-state index in [1.54, 1.807) is 22.1 Å². The van der Waals surface area contributed by atoms with Gasteiger partial charge in [0, 0.05) is 36.5 Å². The number of carbonyl (C=O) groups is 2. The van der Waals surface area contributed by atoms with Crippen LogP contribution in [0.5, 0.6) is 0 Å². The number of rotatable bonds is 12. The number of benzene rings is 1. The number of pyridine rings is 1. The van der Waals surface area contributed by atoms with Crippen LogP contribution in [-0.4, -0.2) is 91.1 Å². The fraction of sp³-hybridized carbons (Fsp3) is 0.375. The maximum Gasteiger partial charge on any atom is 0.417 e. The lowest BCUT2D eigenvalue weighted by molar-refractivity contribution is -0.137. The van der Waals surface area contributed by atoms with Crippen molar-refractivity contribution in [2.24, 2.45) is 0 Å². The van der Waals surface area contributed by atoms with E-state index >= 15 is 0 Å². The Balaban J connectivity index is 1.31. The first-order valence-corrected chi connectivity index (χ1v) is 15.4. The smallest absolute Gasteiger partial charge is 0.394 e. The number of hydrogen-bond acceptors (Lipinski definition) is 11. The van der Waals surface area contributed by atoms with Crippen molar-refractivity contribution in [2.45, 2.75) is 45.3 Å². The minimum Gasteiger partial charge on any atom is -0.394 e. The van der Waals surface area contributed by atoms with E-state index in [4.69, 9.17) is 10.2 Å². The van der Waals surface area contributed by atoms with E-state index < -0.39 is 42.5 Å². The monoisotopic (exact) mass is 678 g/mol. The van der Waals surface area contributed by atoms with Crippen LogP contribution in [0, 0.1) is 18.3 Å². The molecule has 3 N–H and O–H groups in total. The van der Waals surface area contributed by atoms with Crippen LogP contribution in [-0.2, 0) is 15.8 Å². The molecule has 2 amide bonds. The van der Waals surface area contributed by atoms with Gasteiger partial charge in [-0.3, -0.25) is 19.6 Å². The molecular weight excluding hydrogens is 645 g/mol. The second kappa shape index (κ2) is 14.7. The number of alkyl halides is 3. The minimum absolute atomic E-state index is 0.0317. The van der Waals surface area contributed by atoms with Gasteiger partial charge in [0.15, 0.2) is 17.5 Å². The summed E-state index contributed by atoms with van der Waals surface area (Å²) >= 11 is 0. The van der Waals surface area contributed by atoms with Gasteiger partial charge in [-0.25, -0.2) is 19.9 Å². The first-order chi connectivity index (χ1) is 23.5. The second-order valence-corrected chi connectivity index (χ2v) is 11.2. The molecule has 256 valence electrons. The Kier molecular flexibility index (Phi) is 10.5. The number of amides is 2. The van der Waals surface area contributed by atoms with Crippen molar-refractivity contribution in [1.29, 1.82) is 5.26 Å². The number of H-pyrrole nitrogens is 1. The average Bonchev–Trinajstić information content (AvgIpc) is 3.63. The predicted octanol–water partition coefficient (Wildman–Crippen LogP) is 3.25. The Bertz CT molecular complexity index is 1860. The van der Waals surface area contributed by atoms with Crippen LogP contribution in [0.25, 0.3) is 22.8 Å². The molecule has 0 bridgehead atoms. The zero-order valence-electron chi connectivity index (χ0n) is 26.6. The van der Waals surface area contributed by atoms with Crippen LogP contribution in [0.1, 0.15) is 43.0 Å². The Hall–Kier alpha value is -5.47. The quantitative estimate of drug-likeness (QED) is 0.187. The van der Waals surface area contributed by atoms with Crippen molar-refractivity contribution < 1.29 is 33.0 Å². The van der Waals surface area contributed by atoms with E-state index in [0.29, 0.717) is 60.1 Å². The highest BCUT2D eigenvalue weighted by Crippen LogP contribution is 2.36. The summed E-state index contributed by atoms with van der Waals surface area (Å²) in [7, 11) is 0. The summed E-state index contributed by atoms with van der Waals surface area (Å²) in [5, 5.41) is 35.4. The lowest BCUT2D eigenvalue weighted by Gasteiger charge is -2.35. The molecule has 17 heteroatoms. The third kappa shape index (κ3) is 7.34. The summed E-state index contributed by atoms with van der Waals surface area (Å²) < 4.78 is 40.9. The molecule has 0 radical (unpaired) electrons. The normalized spacial score (nSPS) is 13.1. The highest BCUT2D eigenvalue weighted by molar-refractivity contribution is 6.01. The van der Waals surface area contributed by atoms with E-state index in [9.17, 15) is 33.0 Å². The third-order valence-electron chi connectivity index (χ3n) is 8.08. The number of aliphatic hydroxyl groups excluding tert-OH is 2. The molecule has 0 unspecified atom stereocenters. The highest BCUT2D eigenvalue weighted by Gasteiger charge is 2.36. The number of aromatic amines is 1. The highest BCUT2D eigenvalue weighted by atomic mass is 19.4. The molecule has 1 aromatic carbocycles. The van der Waals surface area contributed by atoms with Gasteiger partial charge in [0.05, 0.1) is 54.9 Å². The first-order valence-electron chi connectivity index (χ1n) is 15.4. The molecule has 0 fully saturated rings. The number of aryl methyl sites for hydroxylation is 1. The zero-order valence-corrected chi connectivity index (χ0v) is 26.6. The van der Waals surface area contributed by atoms with Crippen LogP contribution < -0.4 is 14.7 Å². The lowest BCUT2D eigenvalue weighted by atomic mass is 10.0. The molecule has 0 aliphatic carbocycles. The van der Waals surface area contributed by atoms with Crippen molar-refractivity contribution in [3.63, 3.8) is 0 Å². The molecule has 1 aliphatic heterocycles. The molecule has 4 heterocycles. The van der Waals surface area contributed by atoms with Gasteiger partial charge in [0.25, 0.3) is 0 Å². The van der Waals surface area contributed by atoms with E-state index in [1.807, 2.05) is 19.9 Å². The van der Waals surface area contributed by atoms with Gasteiger partial charge < -0.3 is 20.0 Å².